The Kier molecular flexibility index (Phi) is 4.99. The summed E-state index contributed by atoms with van der Waals surface area (Å²) >= 11 is 1.52. The molecule has 28 heavy (non-hydrogen) atoms. The number of rotatable bonds is 5. The van der Waals surface area contributed by atoms with Crippen molar-refractivity contribution >= 4 is 17.2 Å². The molecule has 0 spiro atoms. The normalized spacial score (nSPS) is 11.9. The fourth-order valence-corrected chi connectivity index (χ4v) is 3.62. The number of nitrogens with one attached hydrogen (secondary N) is 2. The van der Waals surface area contributed by atoms with Crippen LogP contribution in [0.25, 0.3) is 22.5 Å². The van der Waals surface area contributed by atoms with Crippen molar-refractivity contribution in [3.63, 3.8) is 0 Å². The van der Waals surface area contributed by atoms with Crippen molar-refractivity contribution < 1.29 is 4.79 Å². The zero-order chi connectivity index (χ0) is 19.5. The van der Waals surface area contributed by atoms with Crippen LogP contribution in [0.2, 0.25) is 0 Å². The molecular weight excluding hydrogens is 370 g/mol. The summed E-state index contributed by atoms with van der Waals surface area (Å²) in [7, 11) is 0. The van der Waals surface area contributed by atoms with Crippen molar-refractivity contribution in [2.75, 3.05) is 0 Å². The molecule has 0 saturated carbocycles. The van der Waals surface area contributed by atoms with Crippen LogP contribution in [0, 0.1) is 6.92 Å². The zero-order valence-electron chi connectivity index (χ0n) is 15.5. The molecule has 6 nitrogen and oxygen atoms in total. The van der Waals surface area contributed by atoms with Gasteiger partial charge in [-0.25, -0.2) is 4.98 Å². The Labute approximate surface area is 166 Å². The maximum absolute atomic E-state index is 12.6. The molecule has 0 saturated heterocycles. The molecule has 7 heteroatoms. The van der Waals surface area contributed by atoms with Crippen LogP contribution in [0.1, 0.15) is 34.0 Å². The van der Waals surface area contributed by atoms with Crippen LogP contribution in [0.5, 0.6) is 0 Å². The number of hydrogen-bond acceptors (Lipinski definition) is 5. The van der Waals surface area contributed by atoms with Crippen LogP contribution >= 0.6 is 11.3 Å². The molecule has 0 radical (unpaired) electrons. The summed E-state index contributed by atoms with van der Waals surface area (Å²) in [5.41, 5.74) is 5.20. The van der Waals surface area contributed by atoms with Gasteiger partial charge in [0.05, 0.1) is 17.4 Å². The van der Waals surface area contributed by atoms with Gasteiger partial charge in [0.1, 0.15) is 10.7 Å². The van der Waals surface area contributed by atoms with Crippen molar-refractivity contribution in [3.05, 3.63) is 76.5 Å². The summed E-state index contributed by atoms with van der Waals surface area (Å²) in [6, 6.07) is 13.4. The van der Waals surface area contributed by atoms with Crippen LogP contribution in [0.4, 0.5) is 0 Å². The molecule has 3 heterocycles. The van der Waals surface area contributed by atoms with E-state index >= 15 is 0 Å². The van der Waals surface area contributed by atoms with E-state index in [1.807, 2.05) is 55.6 Å². The summed E-state index contributed by atoms with van der Waals surface area (Å²) < 4.78 is 0. The SMILES string of the molecule is Cc1ccc(-c2cc(C(=O)NC(C)c3nc(-c4ccncc4)cs3)[nH]n2)cc1. The van der Waals surface area contributed by atoms with Gasteiger partial charge < -0.3 is 5.32 Å². The third-order valence-electron chi connectivity index (χ3n) is 4.39. The highest BCUT2D eigenvalue weighted by atomic mass is 32.1. The number of aromatic nitrogens is 4. The number of pyridine rings is 1. The first-order chi connectivity index (χ1) is 13.6. The number of amides is 1. The molecule has 0 fully saturated rings. The molecule has 1 atom stereocenters. The van der Waals surface area contributed by atoms with E-state index in [9.17, 15) is 4.79 Å². The van der Waals surface area contributed by atoms with E-state index in [0.717, 1.165) is 27.5 Å². The quantitative estimate of drug-likeness (QED) is 0.530. The first-order valence-corrected chi connectivity index (χ1v) is 9.77. The Morgan fingerprint density at radius 3 is 2.54 bits per heavy atom. The minimum atomic E-state index is -0.209. The number of carbonyl (C=O) groups excluding carboxylic acids is 1. The van der Waals surface area contributed by atoms with Crippen molar-refractivity contribution in [2.24, 2.45) is 0 Å². The summed E-state index contributed by atoms with van der Waals surface area (Å²) in [5, 5.41) is 12.9. The van der Waals surface area contributed by atoms with E-state index in [1.165, 1.54) is 16.9 Å². The Morgan fingerprint density at radius 2 is 1.79 bits per heavy atom. The predicted molar refractivity (Wildman–Crippen MR) is 110 cm³/mol. The topological polar surface area (TPSA) is 83.6 Å². The minimum Gasteiger partial charge on any atom is -0.342 e. The van der Waals surface area contributed by atoms with Crippen LogP contribution in [0.15, 0.2) is 60.2 Å². The van der Waals surface area contributed by atoms with Crippen LogP contribution in [-0.4, -0.2) is 26.1 Å². The zero-order valence-corrected chi connectivity index (χ0v) is 16.3. The van der Waals surface area contributed by atoms with Crippen molar-refractivity contribution in [1.82, 2.24) is 25.5 Å². The van der Waals surface area contributed by atoms with Gasteiger partial charge in [0, 0.05) is 28.9 Å². The van der Waals surface area contributed by atoms with Gasteiger partial charge in [0.2, 0.25) is 0 Å². The van der Waals surface area contributed by atoms with Gasteiger partial charge in [-0.3, -0.25) is 14.9 Å². The molecule has 4 rings (SSSR count). The number of thiazole rings is 1. The molecule has 0 aliphatic rings. The minimum absolute atomic E-state index is 0.209. The lowest BCUT2D eigenvalue weighted by molar-refractivity contribution is 0.0934. The second kappa shape index (κ2) is 7.74. The number of benzene rings is 1. The predicted octanol–water partition coefficient (Wildman–Crippen LogP) is 4.39. The smallest absolute Gasteiger partial charge is 0.269 e. The number of H-pyrrole nitrogens is 1. The van der Waals surface area contributed by atoms with E-state index in [-0.39, 0.29) is 11.9 Å². The summed E-state index contributed by atoms with van der Waals surface area (Å²) in [5.74, 6) is -0.209. The van der Waals surface area contributed by atoms with Crippen LogP contribution < -0.4 is 5.32 Å². The third-order valence-corrected chi connectivity index (χ3v) is 5.41. The molecule has 140 valence electrons. The molecule has 2 N–H and O–H groups in total. The fourth-order valence-electron chi connectivity index (χ4n) is 2.79. The highest BCUT2D eigenvalue weighted by molar-refractivity contribution is 7.10. The van der Waals surface area contributed by atoms with Crippen LogP contribution in [0.3, 0.4) is 0 Å². The van der Waals surface area contributed by atoms with Crippen LogP contribution in [-0.2, 0) is 0 Å². The molecule has 1 aromatic carbocycles. The van der Waals surface area contributed by atoms with Gasteiger partial charge in [0.15, 0.2) is 0 Å². The second-order valence-electron chi connectivity index (χ2n) is 6.53. The van der Waals surface area contributed by atoms with E-state index in [1.54, 1.807) is 18.5 Å². The molecule has 0 bridgehead atoms. The average molecular weight is 389 g/mol. The monoisotopic (exact) mass is 389 g/mol. The summed E-state index contributed by atoms with van der Waals surface area (Å²) in [4.78, 5) is 21.3. The van der Waals surface area contributed by atoms with Gasteiger partial charge in [-0.05, 0) is 32.0 Å². The molecule has 4 aromatic rings. The van der Waals surface area contributed by atoms with Gasteiger partial charge in [0.25, 0.3) is 5.91 Å². The van der Waals surface area contributed by atoms with Gasteiger partial charge >= 0.3 is 0 Å². The van der Waals surface area contributed by atoms with Crippen molar-refractivity contribution in [1.29, 1.82) is 0 Å². The number of hydrogen-bond donors (Lipinski definition) is 2. The molecule has 1 unspecified atom stereocenters. The molecular formula is C21H19N5OS. The van der Waals surface area contributed by atoms with E-state index in [4.69, 9.17) is 0 Å². The lowest BCUT2D eigenvalue weighted by Gasteiger charge is -2.09. The average Bonchev–Trinajstić information content (AvgIpc) is 3.39. The first-order valence-electron chi connectivity index (χ1n) is 8.89. The van der Waals surface area contributed by atoms with Gasteiger partial charge in [-0.2, -0.15) is 5.10 Å². The largest absolute Gasteiger partial charge is 0.342 e. The first kappa shape index (κ1) is 18.1. The molecule has 3 aromatic heterocycles. The third kappa shape index (κ3) is 3.84. The van der Waals surface area contributed by atoms with E-state index in [2.05, 4.69) is 25.5 Å². The maximum Gasteiger partial charge on any atom is 0.269 e. The van der Waals surface area contributed by atoms with E-state index < -0.39 is 0 Å². The van der Waals surface area contributed by atoms with Gasteiger partial charge in [-0.1, -0.05) is 29.8 Å². The lowest BCUT2D eigenvalue weighted by Crippen LogP contribution is -2.26. The lowest BCUT2D eigenvalue weighted by atomic mass is 10.1. The number of carbonyl (C=O) groups is 1. The Balaban J connectivity index is 1.45. The Hall–Kier alpha value is -3.32. The Bertz CT molecular complexity index is 1090. The second-order valence-corrected chi connectivity index (χ2v) is 7.42. The summed E-state index contributed by atoms with van der Waals surface area (Å²) in [6.45, 7) is 3.96. The molecule has 1 amide bonds. The maximum atomic E-state index is 12.6. The fraction of sp³-hybridized carbons (Fsp3) is 0.143. The molecule has 0 aliphatic carbocycles. The van der Waals surface area contributed by atoms with Gasteiger partial charge in [-0.15, -0.1) is 11.3 Å². The van der Waals surface area contributed by atoms with Crippen molar-refractivity contribution in [3.8, 4) is 22.5 Å². The molecule has 0 aliphatic heterocycles. The summed E-state index contributed by atoms with van der Waals surface area (Å²) in [6.07, 6.45) is 3.48. The number of nitrogens with zero attached hydrogens (tertiary/aromatic N) is 3. The number of aromatic amines is 1. The highest BCUT2D eigenvalue weighted by Crippen LogP contribution is 2.25. The Morgan fingerprint density at radius 1 is 1.07 bits per heavy atom. The number of aryl methyl sites for hydroxylation is 1. The standard InChI is InChI=1S/C21H19N5OS/c1-13-3-5-15(6-4-13)17-11-18(26-25-17)20(27)23-14(2)21-24-19(12-28-21)16-7-9-22-10-8-16/h3-12,14H,1-2H3,(H,23,27)(H,25,26). The van der Waals surface area contributed by atoms with Crippen molar-refractivity contribution in [2.45, 2.75) is 19.9 Å². The highest BCUT2D eigenvalue weighted by Gasteiger charge is 2.17. The van der Waals surface area contributed by atoms with E-state index in [0.29, 0.717) is 5.69 Å².